The van der Waals surface area contributed by atoms with Crippen LogP contribution in [0.4, 0.5) is 0 Å². The molecule has 0 N–H and O–H groups in total. The minimum absolute atomic E-state index is 0.00402. The molecule has 1 spiro atoms. The summed E-state index contributed by atoms with van der Waals surface area (Å²) in [5.41, 5.74) is 1.53. The summed E-state index contributed by atoms with van der Waals surface area (Å²) in [6, 6.07) is 11.6. The molecule has 1 saturated heterocycles. The van der Waals surface area contributed by atoms with E-state index in [0.29, 0.717) is 36.0 Å². The van der Waals surface area contributed by atoms with Gasteiger partial charge in [-0.3, -0.25) is 9.69 Å². The van der Waals surface area contributed by atoms with Gasteiger partial charge in [0.2, 0.25) is 0 Å². The highest BCUT2D eigenvalue weighted by Gasteiger charge is 2.75. The summed E-state index contributed by atoms with van der Waals surface area (Å²) in [5.74, 6) is 1.84. The molecule has 0 aromatic heterocycles. The Bertz CT molecular complexity index is 1510. The van der Waals surface area contributed by atoms with Crippen LogP contribution >= 0.6 is 11.6 Å². The molecule has 0 unspecified atom stereocenters. The van der Waals surface area contributed by atoms with E-state index in [1.54, 1.807) is 18.2 Å². The van der Waals surface area contributed by atoms with Gasteiger partial charge in [0.1, 0.15) is 11.4 Å². The zero-order valence-electron chi connectivity index (χ0n) is 25.9. The third-order valence-electron chi connectivity index (χ3n) is 11.2. The van der Waals surface area contributed by atoms with Crippen molar-refractivity contribution in [1.82, 2.24) is 4.90 Å². The number of nitrogens with zero attached hydrogens (tertiary/aromatic N) is 1. The Morgan fingerprint density at radius 3 is 2.58 bits per heavy atom. The number of benzene rings is 2. The monoisotopic (exact) mass is 619 g/mol. The van der Waals surface area contributed by atoms with Crippen LogP contribution in [0.25, 0.3) is 6.08 Å². The number of hydrogen-bond acceptors (Lipinski definition) is 6. The summed E-state index contributed by atoms with van der Waals surface area (Å²) >= 11 is 6.06. The first-order valence-corrected chi connectivity index (χ1v) is 19.1. The van der Waals surface area contributed by atoms with E-state index in [9.17, 15) is 9.59 Å². The first kappa shape index (κ1) is 29.1. The van der Waals surface area contributed by atoms with E-state index in [1.165, 1.54) is 24.5 Å². The number of carbonyl (C=O) groups is 2. The highest BCUT2D eigenvalue weighted by atomic mass is 35.5. The maximum Gasteiger partial charge on any atom is 0.331 e. The predicted octanol–water partition coefficient (Wildman–Crippen LogP) is 7.12. The molecular formula is C35H42ClNO5Si. The van der Waals surface area contributed by atoms with E-state index in [1.807, 2.05) is 12.1 Å². The molecule has 2 saturated carbocycles. The van der Waals surface area contributed by atoms with Gasteiger partial charge in [0.15, 0.2) is 17.6 Å². The van der Waals surface area contributed by atoms with Crippen molar-refractivity contribution in [2.45, 2.75) is 101 Å². The highest BCUT2D eigenvalue weighted by Crippen LogP contribution is 2.66. The van der Waals surface area contributed by atoms with Gasteiger partial charge >= 0.3 is 5.97 Å². The van der Waals surface area contributed by atoms with Crippen molar-refractivity contribution in [2.75, 3.05) is 13.1 Å². The molecule has 0 radical (unpaired) electrons. The summed E-state index contributed by atoms with van der Waals surface area (Å²) in [4.78, 5) is 30.1. The lowest BCUT2D eigenvalue weighted by Gasteiger charge is -2.63. The van der Waals surface area contributed by atoms with Gasteiger partial charge < -0.3 is 13.9 Å². The van der Waals surface area contributed by atoms with Crippen LogP contribution in [0, 0.1) is 5.92 Å². The van der Waals surface area contributed by atoms with Gasteiger partial charge in [-0.05, 0) is 98.1 Å². The Balaban J connectivity index is 1.33. The van der Waals surface area contributed by atoms with Crippen LogP contribution < -0.4 is 9.16 Å². The van der Waals surface area contributed by atoms with Crippen molar-refractivity contribution >= 4 is 37.7 Å². The first-order chi connectivity index (χ1) is 20.3. The Morgan fingerprint density at radius 2 is 1.88 bits per heavy atom. The van der Waals surface area contributed by atoms with E-state index >= 15 is 0 Å². The molecule has 2 bridgehead atoms. The van der Waals surface area contributed by atoms with E-state index in [-0.39, 0.29) is 22.8 Å². The fraction of sp³-hybridized carbons (Fsp3) is 0.543. The van der Waals surface area contributed by atoms with Gasteiger partial charge in [0.25, 0.3) is 8.32 Å². The van der Waals surface area contributed by atoms with Gasteiger partial charge in [-0.1, -0.05) is 50.6 Å². The number of ketones is 1. The summed E-state index contributed by atoms with van der Waals surface area (Å²) in [5, 5.41) is 0.651. The van der Waals surface area contributed by atoms with Gasteiger partial charge in [-0.25, -0.2) is 4.79 Å². The summed E-state index contributed by atoms with van der Waals surface area (Å²) < 4.78 is 20.4. The second kappa shape index (κ2) is 9.95. The topological polar surface area (TPSA) is 65.1 Å². The molecule has 7 rings (SSSR count). The van der Waals surface area contributed by atoms with Crippen molar-refractivity contribution in [3.8, 4) is 11.5 Å². The number of piperidine rings is 1. The van der Waals surface area contributed by atoms with Crippen LogP contribution in [0.3, 0.4) is 0 Å². The number of likely N-dealkylation sites (tertiary alicyclic amines) is 1. The molecule has 43 heavy (non-hydrogen) atoms. The number of Topliss-reactive ketones (excluding diaryl/α,β-unsaturated/α-hetero) is 1. The molecule has 5 aliphatic rings. The quantitative estimate of drug-likeness (QED) is 0.187. The maximum atomic E-state index is 13.8. The van der Waals surface area contributed by atoms with Crippen molar-refractivity contribution in [3.63, 3.8) is 0 Å². The lowest BCUT2D eigenvalue weighted by atomic mass is 9.48. The molecular weight excluding hydrogens is 578 g/mol. The molecule has 228 valence electrons. The van der Waals surface area contributed by atoms with Gasteiger partial charge in [0.05, 0.1) is 11.5 Å². The Labute approximate surface area is 260 Å². The summed E-state index contributed by atoms with van der Waals surface area (Å²) in [6.45, 7) is 13.0. The van der Waals surface area contributed by atoms with Crippen molar-refractivity contribution in [3.05, 3.63) is 64.2 Å². The molecule has 2 aromatic rings. The third-order valence-corrected chi connectivity index (χ3v) is 15.8. The van der Waals surface area contributed by atoms with Gasteiger partial charge in [0, 0.05) is 29.6 Å². The molecule has 0 amide bonds. The first-order valence-electron chi connectivity index (χ1n) is 15.8. The zero-order valence-corrected chi connectivity index (χ0v) is 27.6. The number of carbonyl (C=O) groups excluding carboxylic acids is 2. The van der Waals surface area contributed by atoms with E-state index < -0.39 is 25.4 Å². The second-order valence-corrected chi connectivity index (χ2v) is 20.0. The van der Waals surface area contributed by atoms with Crippen LogP contribution in [-0.2, 0) is 26.2 Å². The van der Waals surface area contributed by atoms with E-state index in [2.05, 4.69) is 50.9 Å². The second-order valence-electron chi connectivity index (χ2n) is 14.8. The lowest BCUT2D eigenvalue weighted by molar-refractivity contribution is -0.212. The standard InChI is InChI=1S/C35H42ClNO5Si/c1-33(2,3)43(4,5)42-27-14-11-24-20-28-35(41-29(39)15-10-22-8-12-25(36)13-9-22)17-16-26(38)32-34(35,30(24)31(27)40-32)18-19-37(28)21-23-6-7-23/h8-15,23,28,32H,6-7,16-21H2,1-5H3/b15-10+/t28-,32+,34+,35-/m1/s1. The number of hydrogen-bond donors (Lipinski definition) is 0. The van der Waals surface area contributed by atoms with Crippen LogP contribution in [-0.4, -0.2) is 55.8 Å². The van der Waals surface area contributed by atoms with Gasteiger partial charge in [-0.2, -0.15) is 0 Å². The Morgan fingerprint density at radius 1 is 1.14 bits per heavy atom. The SMILES string of the molecule is CC(C)(C)[Si](C)(C)Oc1ccc2c3c1O[C@H]1C(=O)CC[C@@]4(OC(=O)/C=C/c5ccc(Cl)cc5)[C@@H](C2)N(CC2CC2)CC[C@]314. The largest absolute Gasteiger partial charge is 0.541 e. The van der Waals surface area contributed by atoms with Crippen LogP contribution in [0.5, 0.6) is 11.5 Å². The zero-order chi connectivity index (χ0) is 30.4. The predicted molar refractivity (Wildman–Crippen MR) is 170 cm³/mol. The van der Waals surface area contributed by atoms with E-state index in [0.717, 1.165) is 36.4 Å². The van der Waals surface area contributed by atoms with Crippen LogP contribution in [0.15, 0.2) is 42.5 Å². The molecule has 3 aliphatic carbocycles. The summed E-state index contributed by atoms with van der Waals surface area (Å²) in [7, 11) is -2.19. The highest BCUT2D eigenvalue weighted by molar-refractivity contribution is 6.74. The van der Waals surface area contributed by atoms with Crippen molar-refractivity contribution in [1.29, 1.82) is 0 Å². The number of rotatable bonds is 7. The lowest BCUT2D eigenvalue weighted by Crippen LogP contribution is -2.77. The molecule has 2 aliphatic heterocycles. The maximum absolute atomic E-state index is 13.8. The number of ether oxygens (including phenoxy) is 2. The molecule has 6 nitrogen and oxygen atoms in total. The Kier molecular flexibility index (Phi) is 6.74. The molecule has 2 aromatic carbocycles. The summed E-state index contributed by atoms with van der Waals surface area (Å²) in [6.07, 6.45) is 7.42. The van der Waals surface area contributed by atoms with Crippen LogP contribution in [0.1, 0.15) is 69.6 Å². The van der Waals surface area contributed by atoms with Gasteiger partial charge in [-0.15, -0.1) is 0 Å². The average Bonchev–Trinajstić information content (AvgIpc) is 3.69. The fourth-order valence-corrected chi connectivity index (χ4v) is 9.04. The molecule has 4 atom stereocenters. The average molecular weight is 620 g/mol. The van der Waals surface area contributed by atoms with Crippen molar-refractivity contribution in [2.24, 2.45) is 5.92 Å². The molecule has 8 heteroatoms. The molecule has 3 fully saturated rings. The van der Waals surface area contributed by atoms with E-state index in [4.69, 9.17) is 25.5 Å². The minimum atomic E-state index is -2.19. The smallest absolute Gasteiger partial charge is 0.331 e. The number of halogens is 1. The minimum Gasteiger partial charge on any atom is -0.541 e. The normalized spacial score (nSPS) is 29.8. The van der Waals surface area contributed by atoms with Crippen molar-refractivity contribution < 1.29 is 23.5 Å². The fourth-order valence-electron chi connectivity index (χ4n) is 7.89. The molecule has 2 heterocycles. The number of esters is 1. The Hall–Kier alpha value is -2.61. The third kappa shape index (κ3) is 4.52. The van der Waals surface area contributed by atoms with Crippen LogP contribution in [0.2, 0.25) is 23.2 Å².